The average molecular weight is 182 g/mol. The molecule has 0 atom stereocenters. The topological polar surface area (TPSA) is 49.4 Å². The van der Waals surface area contributed by atoms with Gasteiger partial charge in [-0.25, -0.2) is 0 Å². The van der Waals surface area contributed by atoms with Crippen molar-refractivity contribution in [2.45, 2.75) is 58.0 Å². The molecule has 4 nitrogen and oxygen atoms in total. The van der Waals surface area contributed by atoms with Crippen LogP contribution in [-0.4, -0.2) is 5.66 Å². The molecule has 0 N–H and O–H groups in total. The lowest BCUT2D eigenvalue weighted by atomic mass is 9.98. The SMILES string of the molecule is CCCCCC1(CCC)N=NN=N1. The Morgan fingerprint density at radius 1 is 0.846 bits per heavy atom. The molecule has 0 amide bonds. The minimum Gasteiger partial charge on any atom is -0.135 e. The summed E-state index contributed by atoms with van der Waals surface area (Å²) in [4.78, 5) is 0. The van der Waals surface area contributed by atoms with Crippen molar-refractivity contribution in [3.8, 4) is 0 Å². The smallest absolute Gasteiger partial charge is 0.135 e. The highest BCUT2D eigenvalue weighted by molar-refractivity contribution is 4.84. The molecule has 0 bridgehead atoms. The summed E-state index contributed by atoms with van der Waals surface area (Å²) in [6.07, 6.45) is 6.72. The van der Waals surface area contributed by atoms with Gasteiger partial charge in [-0.3, -0.25) is 0 Å². The highest BCUT2D eigenvalue weighted by Crippen LogP contribution is 2.31. The Hall–Kier alpha value is -0.800. The van der Waals surface area contributed by atoms with E-state index >= 15 is 0 Å². The van der Waals surface area contributed by atoms with E-state index < -0.39 is 0 Å². The molecule has 1 rings (SSSR count). The molecule has 1 heterocycles. The van der Waals surface area contributed by atoms with E-state index in [-0.39, 0.29) is 5.66 Å². The third-order valence-corrected chi connectivity index (χ3v) is 2.33. The molecule has 4 heteroatoms. The summed E-state index contributed by atoms with van der Waals surface area (Å²) in [7, 11) is 0. The van der Waals surface area contributed by atoms with Gasteiger partial charge in [-0.1, -0.05) is 33.1 Å². The van der Waals surface area contributed by atoms with Crippen LogP contribution in [-0.2, 0) is 0 Å². The van der Waals surface area contributed by atoms with Gasteiger partial charge in [-0.05, 0) is 29.7 Å². The van der Waals surface area contributed by atoms with Gasteiger partial charge in [0, 0.05) is 0 Å². The fourth-order valence-electron chi connectivity index (χ4n) is 1.61. The summed E-state index contributed by atoms with van der Waals surface area (Å²) < 4.78 is 0. The normalized spacial score (nSPS) is 18.3. The lowest BCUT2D eigenvalue weighted by molar-refractivity contribution is 0.360. The Kier molecular flexibility index (Phi) is 3.99. The van der Waals surface area contributed by atoms with E-state index in [4.69, 9.17) is 0 Å². The van der Waals surface area contributed by atoms with Gasteiger partial charge in [0.2, 0.25) is 0 Å². The molecular weight excluding hydrogens is 164 g/mol. The van der Waals surface area contributed by atoms with Gasteiger partial charge in [0.1, 0.15) is 0 Å². The standard InChI is InChI=1S/C9H18N4/c1-3-5-6-8-9(7-4-2)10-12-13-11-9/h3-8H2,1-2H3. The summed E-state index contributed by atoms with van der Waals surface area (Å²) in [6.45, 7) is 4.34. The van der Waals surface area contributed by atoms with Crippen LogP contribution >= 0.6 is 0 Å². The molecular formula is C9H18N4. The molecule has 0 fully saturated rings. The van der Waals surface area contributed by atoms with Crippen molar-refractivity contribution < 1.29 is 0 Å². The maximum absolute atomic E-state index is 4.12. The lowest BCUT2D eigenvalue weighted by Gasteiger charge is -2.17. The molecule has 0 aromatic heterocycles. The van der Waals surface area contributed by atoms with Crippen LogP contribution in [0, 0.1) is 0 Å². The summed E-state index contributed by atoms with van der Waals surface area (Å²) in [5.74, 6) is 0. The molecule has 1 aliphatic heterocycles. The zero-order valence-electron chi connectivity index (χ0n) is 8.53. The molecule has 0 saturated carbocycles. The predicted molar refractivity (Wildman–Crippen MR) is 51.5 cm³/mol. The Morgan fingerprint density at radius 2 is 1.54 bits per heavy atom. The Morgan fingerprint density at radius 3 is 2.08 bits per heavy atom. The number of hydrogen-bond donors (Lipinski definition) is 0. The van der Waals surface area contributed by atoms with E-state index in [1.807, 2.05) is 0 Å². The molecule has 1 aliphatic rings. The summed E-state index contributed by atoms with van der Waals surface area (Å²) >= 11 is 0. The van der Waals surface area contributed by atoms with E-state index in [0.29, 0.717) is 0 Å². The highest BCUT2D eigenvalue weighted by atomic mass is 15.6. The van der Waals surface area contributed by atoms with Gasteiger partial charge < -0.3 is 0 Å². The van der Waals surface area contributed by atoms with Crippen LogP contribution in [0.25, 0.3) is 0 Å². The highest BCUT2D eigenvalue weighted by Gasteiger charge is 2.30. The van der Waals surface area contributed by atoms with Crippen LogP contribution in [0.5, 0.6) is 0 Å². The molecule has 0 unspecified atom stereocenters. The number of unbranched alkanes of at least 4 members (excludes halogenated alkanes) is 2. The minimum absolute atomic E-state index is 0.288. The fourth-order valence-corrected chi connectivity index (χ4v) is 1.61. The monoisotopic (exact) mass is 182 g/mol. The second kappa shape index (κ2) is 5.04. The minimum atomic E-state index is -0.288. The van der Waals surface area contributed by atoms with Crippen molar-refractivity contribution in [3.63, 3.8) is 0 Å². The van der Waals surface area contributed by atoms with Crippen molar-refractivity contribution in [3.05, 3.63) is 0 Å². The maximum Gasteiger partial charge on any atom is 0.195 e. The second-order valence-electron chi connectivity index (χ2n) is 3.57. The maximum atomic E-state index is 4.12. The van der Waals surface area contributed by atoms with E-state index in [9.17, 15) is 0 Å². The molecule has 0 saturated heterocycles. The molecule has 74 valence electrons. The van der Waals surface area contributed by atoms with Gasteiger partial charge in [0.25, 0.3) is 0 Å². The second-order valence-corrected chi connectivity index (χ2v) is 3.57. The third kappa shape index (κ3) is 2.86. The lowest BCUT2D eigenvalue weighted by Crippen LogP contribution is -2.20. The van der Waals surface area contributed by atoms with Gasteiger partial charge in [-0.2, -0.15) is 0 Å². The van der Waals surface area contributed by atoms with Crippen LogP contribution in [0.4, 0.5) is 0 Å². The third-order valence-electron chi connectivity index (χ3n) is 2.33. The van der Waals surface area contributed by atoms with Crippen molar-refractivity contribution in [2.75, 3.05) is 0 Å². The first kappa shape index (κ1) is 10.3. The van der Waals surface area contributed by atoms with Crippen LogP contribution in [0.2, 0.25) is 0 Å². The van der Waals surface area contributed by atoms with Crippen LogP contribution in [0.3, 0.4) is 0 Å². The summed E-state index contributed by atoms with van der Waals surface area (Å²) in [6, 6.07) is 0. The first-order valence-electron chi connectivity index (χ1n) is 5.17. The van der Waals surface area contributed by atoms with Gasteiger partial charge in [0.05, 0.1) is 0 Å². The molecule has 0 spiro atoms. The van der Waals surface area contributed by atoms with E-state index in [1.54, 1.807) is 0 Å². The first-order valence-corrected chi connectivity index (χ1v) is 5.17. The van der Waals surface area contributed by atoms with Crippen LogP contribution < -0.4 is 0 Å². The quantitative estimate of drug-likeness (QED) is 0.559. The van der Waals surface area contributed by atoms with Crippen molar-refractivity contribution >= 4 is 0 Å². The van der Waals surface area contributed by atoms with Gasteiger partial charge >= 0.3 is 0 Å². The van der Waals surface area contributed by atoms with Gasteiger partial charge in [0.15, 0.2) is 5.66 Å². The Balaban J connectivity index is 2.39. The molecule has 0 aromatic carbocycles. The zero-order valence-corrected chi connectivity index (χ0v) is 8.53. The predicted octanol–water partition coefficient (Wildman–Crippen LogP) is 3.90. The Labute approximate surface area is 79.5 Å². The Bertz CT molecular complexity index is 186. The number of rotatable bonds is 6. The molecule has 0 radical (unpaired) electrons. The van der Waals surface area contributed by atoms with E-state index in [2.05, 4.69) is 34.5 Å². The van der Waals surface area contributed by atoms with Gasteiger partial charge in [-0.15, -0.1) is 10.2 Å². The van der Waals surface area contributed by atoms with Crippen LogP contribution in [0.1, 0.15) is 52.4 Å². The largest absolute Gasteiger partial charge is 0.195 e. The van der Waals surface area contributed by atoms with Crippen LogP contribution in [0.15, 0.2) is 20.7 Å². The summed E-state index contributed by atoms with van der Waals surface area (Å²) in [5, 5.41) is 15.5. The van der Waals surface area contributed by atoms with Crippen molar-refractivity contribution in [1.82, 2.24) is 0 Å². The number of hydrogen-bond acceptors (Lipinski definition) is 4. The number of nitrogens with zero attached hydrogens (tertiary/aromatic N) is 4. The molecule has 13 heavy (non-hydrogen) atoms. The molecule has 0 aliphatic carbocycles. The zero-order chi connectivity index (χ0) is 9.57. The average Bonchev–Trinajstić information content (AvgIpc) is 2.55. The summed E-state index contributed by atoms with van der Waals surface area (Å²) in [5.41, 5.74) is -0.288. The van der Waals surface area contributed by atoms with E-state index in [0.717, 1.165) is 19.3 Å². The van der Waals surface area contributed by atoms with Crippen molar-refractivity contribution in [1.29, 1.82) is 0 Å². The first-order chi connectivity index (χ1) is 6.33. The molecule has 0 aromatic rings. The van der Waals surface area contributed by atoms with Crippen molar-refractivity contribution in [2.24, 2.45) is 20.7 Å². The van der Waals surface area contributed by atoms with E-state index in [1.165, 1.54) is 19.3 Å². The fraction of sp³-hybridized carbons (Fsp3) is 1.00.